The minimum Gasteiger partial charge on any atom is -0.378 e. The number of nitrogens with zero attached hydrogens (tertiary/aromatic N) is 5. The van der Waals surface area contributed by atoms with Crippen LogP contribution in [0.1, 0.15) is 60.8 Å². The van der Waals surface area contributed by atoms with Crippen molar-refractivity contribution >= 4 is 22.8 Å². The second-order valence-electron chi connectivity index (χ2n) is 9.76. The summed E-state index contributed by atoms with van der Waals surface area (Å²) in [5.74, 6) is 1.05. The summed E-state index contributed by atoms with van der Waals surface area (Å²) in [5.41, 5.74) is 6.13. The molecule has 2 heterocycles. The van der Waals surface area contributed by atoms with Gasteiger partial charge < -0.3 is 9.47 Å². The Morgan fingerprint density at radius 3 is 2.43 bits per heavy atom. The van der Waals surface area contributed by atoms with Crippen LogP contribution in [0.5, 0.6) is 0 Å². The van der Waals surface area contributed by atoms with Crippen LogP contribution in [0.4, 0.5) is 5.69 Å². The van der Waals surface area contributed by atoms with Gasteiger partial charge in [0.25, 0.3) is 5.56 Å². The molecule has 0 aliphatic heterocycles. The van der Waals surface area contributed by atoms with Gasteiger partial charge in [0, 0.05) is 48.3 Å². The molecule has 0 spiro atoms. The normalized spacial score (nSPS) is 14.7. The first-order valence-electron chi connectivity index (χ1n) is 12.5. The van der Waals surface area contributed by atoms with Gasteiger partial charge in [-0.2, -0.15) is 9.78 Å². The largest absolute Gasteiger partial charge is 0.378 e. The molecule has 2 aromatic heterocycles. The third-order valence-corrected chi connectivity index (χ3v) is 7.16. The monoisotopic (exact) mass is 467 g/mol. The van der Waals surface area contributed by atoms with E-state index in [9.17, 15) is 4.79 Å². The molecular formula is C29H33N5O. The highest BCUT2D eigenvalue weighted by Crippen LogP contribution is 2.32. The quantitative estimate of drug-likeness (QED) is 0.349. The Kier molecular flexibility index (Phi) is 6.29. The second kappa shape index (κ2) is 9.53. The van der Waals surface area contributed by atoms with Crippen molar-refractivity contribution in [2.24, 2.45) is 5.10 Å². The highest BCUT2D eigenvalue weighted by Gasteiger charge is 2.22. The molecule has 180 valence electrons. The van der Waals surface area contributed by atoms with Gasteiger partial charge in [0.2, 0.25) is 0 Å². The lowest BCUT2D eigenvalue weighted by Gasteiger charge is -2.22. The van der Waals surface area contributed by atoms with Crippen LogP contribution in [0.2, 0.25) is 0 Å². The zero-order valence-electron chi connectivity index (χ0n) is 21.0. The maximum Gasteiger partial charge on any atom is 0.282 e. The first-order chi connectivity index (χ1) is 16.9. The molecule has 0 amide bonds. The van der Waals surface area contributed by atoms with Gasteiger partial charge in [-0.05, 0) is 69.2 Å². The molecule has 1 aliphatic carbocycles. The molecule has 35 heavy (non-hydrogen) atoms. The molecule has 0 radical (unpaired) electrons. The van der Waals surface area contributed by atoms with E-state index in [-0.39, 0.29) is 11.5 Å². The van der Waals surface area contributed by atoms with Crippen LogP contribution in [0.15, 0.2) is 64.5 Å². The van der Waals surface area contributed by atoms with Crippen LogP contribution in [0.3, 0.4) is 0 Å². The van der Waals surface area contributed by atoms with Gasteiger partial charge in [-0.1, -0.05) is 31.4 Å². The van der Waals surface area contributed by atoms with Gasteiger partial charge in [-0.25, -0.2) is 4.98 Å². The zero-order chi connectivity index (χ0) is 24.5. The number of anilines is 1. The SMILES string of the molecule is Cc1cc(C=Nn2c(C3CCCCC3)nc3ccccc3c2=O)c(C)n1-c1ccc(N(C)C)cc1. The fourth-order valence-corrected chi connectivity index (χ4v) is 5.21. The van der Waals surface area contributed by atoms with Crippen molar-refractivity contribution < 1.29 is 0 Å². The lowest BCUT2D eigenvalue weighted by molar-refractivity contribution is 0.416. The molecule has 5 rings (SSSR count). The summed E-state index contributed by atoms with van der Waals surface area (Å²) in [6.07, 6.45) is 7.52. The van der Waals surface area contributed by atoms with Crippen molar-refractivity contribution in [3.8, 4) is 5.69 Å². The number of aromatic nitrogens is 3. The highest BCUT2D eigenvalue weighted by molar-refractivity contribution is 5.82. The van der Waals surface area contributed by atoms with E-state index in [1.807, 2.05) is 44.6 Å². The standard InChI is InChI=1S/C29H33N5O/c1-20-18-23(21(2)33(20)25-16-14-24(15-17-25)32(3)4)19-30-34-28(22-10-6-5-7-11-22)31-27-13-9-8-12-26(27)29(34)35/h8-9,12-19,22H,5-7,10-11H2,1-4H3. The van der Waals surface area contributed by atoms with Gasteiger partial charge in [0.15, 0.2) is 0 Å². The smallest absolute Gasteiger partial charge is 0.282 e. The van der Waals surface area contributed by atoms with E-state index in [0.29, 0.717) is 5.39 Å². The van der Waals surface area contributed by atoms with E-state index < -0.39 is 0 Å². The first-order valence-corrected chi connectivity index (χ1v) is 12.5. The van der Waals surface area contributed by atoms with Crippen LogP contribution in [0, 0.1) is 13.8 Å². The highest BCUT2D eigenvalue weighted by atomic mass is 16.1. The maximum absolute atomic E-state index is 13.5. The third-order valence-electron chi connectivity index (χ3n) is 7.16. The summed E-state index contributed by atoms with van der Waals surface area (Å²) in [4.78, 5) is 20.5. The summed E-state index contributed by atoms with van der Waals surface area (Å²) in [7, 11) is 4.09. The van der Waals surface area contributed by atoms with E-state index in [2.05, 4.69) is 53.6 Å². The molecule has 0 N–H and O–H groups in total. The van der Waals surface area contributed by atoms with E-state index >= 15 is 0 Å². The Morgan fingerprint density at radius 1 is 1.00 bits per heavy atom. The minimum absolute atomic E-state index is 0.0968. The molecule has 1 fully saturated rings. The van der Waals surface area contributed by atoms with Crippen molar-refractivity contribution in [2.75, 3.05) is 19.0 Å². The fraction of sp³-hybridized carbons (Fsp3) is 0.345. The topological polar surface area (TPSA) is 55.4 Å². The van der Waals surface area contributed by atoms with Crippen molar-refractivity contribution in [1.82, 2.24) is 14.2 Å². The van der Waals surface area contributed by atoms with Crippen LogP contribution in [-0.4, -0.2) is 34.5 Å². The summed E-state index contributed by atoms with van der Waals surface area (Å²) in [5, 5.41) is 5.35. The fourth-order valence-electron chi connectivity index (χ4n) is 5.21. The van der Waals surface area contributed by atoms with Crippen molar-refractivity contribution in [3.63, 3.8) is 0 Å². The van der Waals surface area contributed by atoms with E-state index in [1.54, 1.807) is 4.68 Å². The number of hydrogen-bond donors (Lipinski definition) is 0. The molecule has 4 aromatic rings. The molecule has 0 saturated heterocycles. The first kappa shape index (κ1) is 23.1. The number of hydrogen-bond acceptors (Lipinski definition) is 4. The Bertz CT molecular complexity index is 1440. The number of aryl methyl sites for hydroxylation is 1. The zero-order valence-corrected chi connectivity index (χ0v) is 21.0. The molecule has 0 bridgehead atoms. The molecule has 6 heteroatoms. The molecule has 6 nitrogen and oxygen atoms in total. The van der Waals surface area contributed by atoms with Crippen molar-refractivity contribution in [1.29, 1.82) is 0 Å². The predicted octanol–water partition coefficient (Wildman–Crippen LogP) is 5.80. The summed E-state index contributed by atoms with van der Waals surface area (Å²) in [6.45, 7) is 4.19. The molecule has 1 saturated carbocycles. The third kappa shape index (κ3) is 4.41. The predicted molar refractivity (Wildman–Crippen MR) is 144 cm³/mol. The summed E-state index contributed by atoms with van der Waals surface area (Å²) >= 11 is 0. The Labute approximate surface area is 206 Å². The van der Waals surface area contributed by atoms with Gasteiger partial charge in [0.1, 0.15) is 5.82 Å². The molecular weight excluding hydrogens is 434 g/mol. The molecule has 1 aliphatic rings. The Balaban J connectivity index is 1.56. The lowest BCUT2D eigenvalue weighted by atomic mass is 9.88. The Hall–Kier alpha value is -3.67. The van der Waals surface area contributed by atoms with Crippen molar-refractivity contribution in [3.05, 3.63) is 87.7 Å². The van der Waals surface area contributed by atoms with E-state index in [4.69, 9.17) is 10.1 Å². The molecule has 2 aromatic carbocycles. The van der Waals surface area contributed by atoms with Gasteiger partial charge in [-0.15, -0.1) is 0 Å². The van der Waals surface area contributed by atoms with Gasteiger partial charge in [0.05, 0.1) is 17.1 Å². The van der Waals surface area contributed by atoms with Crippen molar-refractivity contribution in [2.45, 2.75) is 51.9 Å². The van der Waals surface area contributed by atoms with Crippen LogP contribution >= 0.6 is 0 Å². The minimum atomic E-state index is -0.0968. The Morgan fingerprint density at radius 2 is 1.71 bits per heavy atom. The van der Waals surface area contributed by atoms with E-state index in [1.165, 1.54) is 19.3 Å². The molecule has 0 atom stereocenters. The number of benzene rings is 2. The number of para-hydroxylation sites is 1. The van der Waals surface area contributed by atoms with Crippen LogP contribution < -0.4 is 10.5 Å². The van der Waals surface area contributed by atoms with Crippen LogP contribution in [-0.2, 0) is 0 Å². The number of rotatable bonds is 5. The summed E-state index contributed by atoms with van der Waals surface area (Å²) < 4.78 is 3.78. The lowest BCUT2D eigenvalue weighted by Crippen LogP contribution is -2.25. The van der Waals surface area contributed by atoms with Crippen LogP contribution in [0.25, 0.3) is 16.6 Å². The maximum atomic E-state index is 13.5. The summed E-state index contributed by atoms with van der Waals surface area (Å²) in [6, 6.07) is 18.2. The number of fused-ring (bicyclic) bond motifs is 1. The molecule has 0 unspecified atom stereocenters. The second-order valence-corrected chi connectivity index (χ2v) is 9.76. The average Bonchev–Trinajstić information content (AvgIpc) is 3.16. The average molecular weight is 468 g/mol. The van der Waals surface area contributed by atoms with Gasteiger partial charge in [-0.3, -0.25) is 4.79 Å². The van der Waals surface area contributed by atoms with E-state index in [0.717, 1.165) is 52.5 Å². The van der Waals surface area contributed by atoms with Gasteiger partial charge >= 0.3 is 0 Å².